The van der Waals surface area contributed by atoms with Gasteiger partial charge in [0.05, 0.1) is 42.9 Å². The Morgan fingerprint density at radius 1 is 1.00 bits per heavy atom. The standard InChI is InChI=1S/C38H50N4O5/c1-24-15-35(39-38(45)34-21-40(5)36-9-7-6-8-33(34)36)25(2)14-29(24)16-37(44)42-20-30(41-18-26(3)47-27(4)19-41)17-31(42)23-46-32-12-10-28(22-43)11-13-32/h6-9,14-15,21-22,26-28,30-32H,10-13,16-20,23H2,1-5H3,(H,39,45)/t26?,27?,28-,30-,31-,32-/m0/s1. The van der Waals surface area contributed by atoms with Crippen LogP contribution in [0.3, 0.4) is 0 Å². The largest absolute Gasteiger partial charge is 0.376 e. The predicted molar refractivity (Wildman–Crippen MR) is 184 cm³/mol. The van der Waals surface area contributed by atoms with Gasteiger partial charge in [0.25, 0.3) is 5.91 Å². The van der Waals surface area contributed by atoms with Crippen LogP contribution in [0.5, 0.6) is 0 Å². The average Bonchev–Trinajstić information content (AvgIpc) is 3.64. The van der Waals surface area contributed by atoms with Gasteiger partial charge in [-0.15, -0.1) is 0 Å². The van der Waals surface area contributed by atoms with E-state index in [2.05, 4.69) is 29.0 Å². The van der Waals surface area contributed by atoms with Gasteiger partial charge in [0, 0.05) is 61.4 Å². The second kappa shape index (κ2) is 14.3. The Morgan fingerprint density at radius 3 is 2.45 bits per heavy atom. The summed E-state index contributed by atoms with van der Waals surface area (Å²) in [5, 5.41) is 4.04. The first-order chi connectivity index (χ1) is 22.6. The van der Waals surface area contributed by atoms with Crippen LogP contribution in [0.4, 0.5) is 5.69 Å². The number of amides is 2. The van der Waals surface area contributed by atoms with E-state index in [0.717, 1.165) is 84.8 Å². The van der Waals surface area contributed by atoms with Crippen molar-refractivity contribution in [2.24, 2.45) is 13.0 Å². The molecule has 9 heteroatoms. The smallest absolute Gasteiger partial charge is 0.257 e. The maximum Gasteiger partial charge on any atom is 0.257 e. The van der Waals surface area contributed by atoms with Crippen molar-refractivity contribution in [2.75, 3.05) is 31.6 Å². The summed E-state index contributed by atoms with van der Waals surface area (Å²) in [4.78, 5) is 43.2. The zero-order valence-corrected chi connectivity index (χ0v) is 28.5. The molecule has 4 atom stereocenters. The van der Waals surface area contributed by atoms with Gasteiger partial charge in [-0.3, -0.25) is 14.5 Å². The molecule has 47 heavy (non-hydrogen) atoms. The minimum atomic E-state index is -0.148. The van der Waals surface area contributed by atoms with Gasteiger partial charge in [-0.1, -0.05) is 24.3 Å². The number of ether oxygens (including phenoxy) is 2. The van der Waals surface area contributed by atoms with Gasteiger partial charge in [0.1, 0.15) is 6.29 Å². The van der Waals surface area contributed by atoms with E-state index in [0.29, 0.717) is 25.1 Å². The van der Waals surface area contributed by atoms with Crippen LogP contribution in [0.1, 0.15) is 73.0 Å². The molecule has 0 bridgehead atoms. The van der Waals surface area contributed by atoms with Crippen molar-refractivity contribution in [1.82, 2.24) is 14.4 Å². The summed E-state index contributed by atoms with van der Waals surface area (Å²) < 4.78 is 14.4. The first-order valence-electron chi connectivity index (χ1n) is 17.3. The topological polar surface area (TPSA) is 93.1 Å². The number of aryl methyl sites for hydroxylation is 3. The van der Waals surface area contributed by atoms with Crippen molar-refractivity contribution in [3.63, 3.8) is 0 Å². The van der Waals surface area contributed by atoms with Crippen molar-refractivity contribution < 1.29 is 23.9 Å². The van der Waals surface area contributed by atoms with Crippen molar-refractivity contribution in [2.45, 2.75) is 96.6 Å². The number of morpholine rings is 1. The van der Waals surface area contributed by atoms with Gasteiger partial charge in [0.2, 0.25) is 5.91 Å². The van der Waals surface area contributed by atoms with E-state index in [9.17, 15) is 14.4 Å². The van der Waals surface area contributed by atoms with Crippen molar-refractivity contribution >= 4 is 34.7 Å². The third-order valence-corrected chi connectivity index (χ3v) is 10.5. The molecule has 0 radical (unpaired) electrons. The first kappa shape index (κ1) is 33.4. The maximum absolute atomic E-state index is 14.1. The first-order valence-corrected chi connectivity index (χ1v) is 17.3. The van der Waals surface area contributed by atoms with Crippen LogP contribution in [-0.2, 0) is 32.5 Å². The highest BCUT2D eigenvalue weighted by Crippen LogP contribution is 2.31. The summed E-state index contributed by atoms with van der Waals surface area (Å²) in [5.74, 6) is 0.111. The molecule has 6 rings (SSSR count). The van der Waals surface area contributed by atoms with Crippen LogP contribution in [0.15, 0.2) is 42.6 Å². The predicted octanol–water partition coefficient (Wildman–Crippen LogP) is 5.44. The zero-order chi connectivity index (χ0) is 33.2. The zero-order valence-electron chi connectivity index (χ0n) is 28.5. The van der Waals surface area contributed by atoms with Gasteiger partial charge >= 0.3 is 0 Å². The lowest BCUT2D eigenvalue weighted by atomic mass is 9.88. The highest BCUT2D eigenvalue weighted by atomic mass is 16.5. The Morgan fingerprint density at radius 2 is 1.72 bits per heavy atom. The van der Waals surface area contributed by atoms with E-state index in [-0.39, 0.29) is 48.1 Å². The second-order valence-corrected chi connectivity index (χ2v) is 14.2. The number of hydrogen-bond donors (Lipinski definition) is 1. The second-order valence-electron chi connectivity index (χ2n) is 14.2. The molecule has 2 aliphatic heterocycles. The lowest BCUT2D eigenvalue weighted by Crippen LogP contribution is -2.51. The van der Waals surface area contributed by atoms with Crippen LogP contribution in [0, 0.1) is 19.8 Å². The van der Waals surface area contributed by atoms with E-state index in [1.54, 1.807) is 0 Å². The van der Waals surface area contributed by atoms with Crippen molar-refractivity contribution in [3.05, 3.63) is 64.8 Å². The molecule has 0 spiro atoms. The molecule has 2 saturated heterocycles. The number of carbonyl (C=O) groups excluding carboxylic acids is 3. The number of nitrogens with zero attached hydrogens (tertiary/aromatic N) is 3. The molecule has 1 saturated carbocycles. The van der Waals surface area contributed by atoms with E-state index in [1.807, 2.05) is 68.1 Å². The fourth-order valence-electron chi connectivity index (χ4n) is 7.95. The van der Waals surface area contributed by atoms with Crippen molar-refractivity contribution in [3.8, 4) is 0 Å². The average molecular weight is 643 g/mol. The number of carbonyl (C=O) groups is 3. The summed E-state index contributed by atoms with van der Waals surface area (Å²) in [6.07, 6.45) is 8.15. The summed E-state index contributed by atoms with van der Waals surface area (Å²) >= 11 is 0. The summed E-state index contributed by atoms with van der Waals surface area (Å²) in [5.41, 5.74) is 5.27. The van der Waals surface area contributed by atoms with E-state index in [4.69, 9.17) is 9.47 Å². The van der Waals surface area contributed by atoms with E-state index >= 15 is 0 Å². The molecule has 2 amide bonds. The van der Waals surface area contributed by atoms with Gasteiger partial charge < -0.3 is 29.1 Å². The van der Waals surface area contributed by atoms with Gasteiger partial charge in [0.15, 0.2) is 0 Å². The molecular formula is C38H50N4O5. The van der Waals surface area contributed by atoms with Crippen LogP contribution >= 0.6 is 0 Å². The molecule has 1 N–H and O–H groups in total. The minimum Gasteiger partial charge on any atom is -0.376 e. The molecule has 9 nitrogen and oxygen atoms in total. The van der Waals surface area contributed by atoms with Gasteiger partial charge in [-0.25, -0.2) is 0 Å². The third kappa shape index (κ3) is 7.47. The maximum atomic E-state index is 14.1. The molecule has 252 valence electrons. The number of aromatic nitrogens is 1. The third-order valence-electron chi connectivity index (χ3n) is 10.5. The number of aldehydes is 1. The summed E-state index contributed by atoms with van der Waals surface area (Å²) in [7, 11) is 1.95. The molecule has 1 aliphatic carbocycles. The monoisotopic (exact) mass is 642 g/mol. The Hall–Kier alpha value is -3.53. The quantitative estimate of drug-likeness (QED) is 0.313. The highest BCUT2D eigenvalue weighted by Gasteiger charge is 2.40. The summed E-state index contributed by atoms with van der Waals surface area (Å²) in [6.45, 7) is 11.2. The Kier molecular flexibility index (Phi) is 10.2. The van der Waals surface area contributed by atoms with Crippen LogP contribution in [0.2, 0.25) is 0 Å². The summed E-state index contributed by atoms with van der Waals surface area (Å²) in [6, 6.07) is 12.2. The van der Waals surface area contributed by atoms with E-state index < -0.39 is 0 Å². The van der Waals surface area contributed by atoms with Crippen molar-refractivity contribution in [1.29, 1.82) is 0 Å². The van der Waals surface area contributed by atoms with E-state index in [1.165, 1.54) is 0 Å². The number of benzene rings is 2. The molecule has 1 aromatic heterocycles. The highest BCUT2D eigenvalue weighted by molar-refractivity contribution is 6.13. The van der Waals surface area contributed by atoms with Crippen LogP contribution in [0.25, 0.3) is 10.9 Å². The fourth-order valence-corrected chi connectivity index (χ4v) is 7.95. The lowest BCUT2D eigenvalue weighted by Gasteiger charge is -2.38. The SMILES string of the molecule is Cc1cc(NC(=O)c2cn(C)c3ccccc23)c(C)cc1CC(=O)N1C[C@@H](N2CC(C)OC(C)C2)C[C@H]1CO[C@H]1CC[C@H](C=O)CC1. The molecule has 3 aromatic rings. The van der Waals surface area contributed by atoms with Crippen LogP contribution < -0.4 is 5.32 Å². The fraction of sp³-hybridized carbons (Fsp3) is 0.553. The lowest BCUT2D eigenvalue weighted by molar-refractivity contribution is -0.133. The van der Waals surface area contributed by atoms with Gasteiger partial charge in [-0.05, 0) is 88.6 Å². The molecule has 2 unspecified atom stereocenters. The Balaban J connectivity index is 1.15. The molecule has 3 fully saturated rings. The molecular weight excluding hydrogens is 592 g/mol. The minimum absolute atomic E-state index is 0.00501. The number of nitrogens with one attached hydrogen (secondary N) is 1. The molecule has 3 heterocycles. The molecule has 2 aromatic carbocycles. The Labute approximate surface area is 278 Å². The number of rotatable bonds is 9. The number of anilines is 1. The number of para-hydroxylation sites is 1. The number of fused-ring (bicyclic) bond motifs is 1. The normalized spacial score (nSPS) is 26.9. The van der Waals surface area contributed by atoms with Crippen LogP contribution in [-0.4, -0.2) is 89.1 Å². The Bertz CT molecular complexity index is 1600. The molecule has 3 aliphatic rings. The van der Waals surface area contributed by atoms with Gasteiger partial charge in [-0.2, -0.15) is 0 Å². The number of hydrogen-bond acceptors (Lipinski definition) is 6. The number of likely N-dealkylation sites (tertiary alicyclic amines) is 1.